The molecule has 4 rings (SSSR count). The number of nitrogens with one attached hydrogen (secondary N) is 1. The Kier molecular flexibility index (Phi) is 5.23. The highest BCUT2D eigenvalue weighted by atomic mass is 35.5. The number of carbonyl (C=O) groups excluding carboxylic acids is 1. The van der Waals surface area contributed by atoms with Gasteiger partial charge in [0.05, 0.1) is 11.4 Å². The van der Waals surface area contributed by atoms with E-state index < -0.39 is 0 Å². The summed E-state index contributed by atoms with van der Waals surface area (Å²) in [5, 5.41) is 6.42. The lowest BCUT2D eigenvalue weighted by molar-refractivity contribution is -0.116. The number of aromatic nitrogens is 3. The normalized spacial score (nSPS) is 10.8. The molecular weight excluding hydrogens is 392 g/mol. The molecule has 0 aliphatic rings. The zero-order valence-electron chi connectivity index (χ0n) is 15.1. The number of thiazole rings is 1. The van der Waals surface area contributed by atoms with Gasteiger partial charge in [-0.15, -0.1) is 11.3 Å². The molecule has 0 bridgehead atoms. The molecule has 0 saturated heterocycles. The van der Waals surface area contributed by atoms with Gasteiger partial charge in [0.15, 0.2) is 0 Å². The van der Waals surface area contributed by atoms with Crippen LogP contribution in [0.5, 0.6) is 0 Å². The van der Waals surface area contributed by atoms with Crippen LogP contribution in [0.2, 0.25) is 5.02 Å². The van der Waals surface area contributed by atoms with Crippen molar-refractivity contribution in [3.8, 4) is 22.0 Å². The minimum Gasteiger partial charge on any atom is -0.336 e. The standard InChI is InChI=1S/C21H17ClN4OS/c1-14-4-2-10-23-20(14)25-19(27)12-26-11-3-5-18(26)21-24-17(13-28-21)15-6-8-16(22)9-7-15/h2-11,13H,12H2,1H3,(H,23,25,27). The summed E-state index contributed by atoms with van der Waals surface area (Å²) in [6.07, 6.45) is 3.54. The van der Waals surface area contributed by atoms with E-state index in [1.807, 2.05) is 71.6 Å². The number of carbonyl (C=O) groups is 1. The van der Waals surface area contributed by atoms with E-state index in [2.05, 4.69) is 10.3 Å². The highest BCUT2D eigenvalue weighted by Gasteiger charge is 2.13. The van der Waals surface area contributed by atoms with Crippen LogP contribution in [0.3, 0.4) is 0 Å². The highest BCUT2D eigenvalue weighted by Crippen LogP contribution is 2.30. The third-order valence-electron chi connectivity index (χ3n) is 4.27. The van der Waals surface area contributed by atoms with Crippen LogP contribution in [0.1, 0.15) is 5.56 Å². The zero-order valence-corrected chi connectivity index (χ0v) is 16.7. The van der Waals surface area contributed by atoms with Crippen LogP contribution in [0.4, 0.5) is 5.82 Å². The molecule has 5 nitrogen and oxygen atoms in total. The number of amides is 1. The average Bonchev–Trinajstić information content (AvgIpc) is 3.33. The van der Waals surface area contributed by atoms with Crippen molar-refractivity contribution in [3.05, 3.63) is 76.9 Å². The van der Waals surface area contributed by atoms with Gasteiger partial charge in [0.2, 0.25) is 5.91 Å². The highest BCUT2D eigenvalue weighted by molar-refractivity contribution is 7.13. The zero-order chi connectivity index (χ0) is 19.5. The first-order valence-electron chi connectivity index (χ1n) is 8.68. The van der Waals surface area contributed by atoms with Crippen LogP contribution in [0.25, 0.3) is 22.0 Å². The van der Waals surface area contributed by atoms with E-state index in [0.29, 0.717) is 10.8 Å². The number of nitrogens with zero attached hydrogens (tertiary/aromatic N) is 3. The van der Waals surface area contributed by atoms with Gasteiger partial charge in [0.25, 0.3) is 0 Å². The summed E-state index contributed by atoms with van der Waals surface area (Å²) >= 11 is 7.50. The minimum absolute atomic E-state index is 0.131. The summed E-state index contributed by atoms with van der Waals surface area (Å²) in [5.74, 6) is 0.453. The van der Waals surface area contributed by atoms with E-state index in [4.69, 9.17) is 16.6 Å². The van der Waals surface area contributed by atoms with Gasteiger partial charge < -0.3 is 9.88 Å². The van der Waals surface area contributed by atoms with Crippen molar-refractivity contribution in [1.29, 1.82) is 0 Å². The first-order valence-corrected chi connectivity index (χ1v) is 9.94. The van der Waals surface area contributed by atoms with E-state index >= 15 is 0 Å². The van der Waals surface area contributed by atoms with E-state index in [-0.39, 0.29) is 12.5 Å². The van der Waals surface area contributed by atoms with E-state index in [1.165, 1.54) is 0 Å². The van der Waals surface area contributed by atoms with Crippen LogP contribution < -0.4 is 5.32 Å². The molecule has 140 valence electrons. The van der Waals surface area contributed by atoms with Gasteiger partial charge in [-0.05, 0) is 42.8 Å². The first kappa shape index (κ1) is 18.4. The molecule has 0 fully saturated rings. The lowest BCUT2D eigenvalue weighted by Crippen LogP contribution is -2.20. The van der Waals surface area contributed by atoms with Gasteiger partial charge in [-0.3, -0.25) is 4.79 Å². The van der Waals surface area contributed by atoms with Crippen molar-refractivity contribution in [2.45, 2.75) is 13.5 Å². The predicted octanol–water partition coefficient (Wildman–Crippen LogP) is 5.27. The van der Waals surface area contributed by atoms with Crippen LogP contribution >= 0.6 is 22.9 Å². The van der Waals surface area contributed by atoms with Gasteiger partial charge in [-0.25, -0.2) is 9.97 Å². The Labute approximate surface area is 171 Å². The maximum absolute atomic E-state index is 12.5. The third kappa shape index (κ3) is 3.98. The maximum atomic E-state index is 12.5. The molecule has 4 aromatic rings. The lowest BCUT2D eigenvalue weighted by atomic mass is 10.2. The van der Waals surface area contributed by atoms with Crippen LogP contribution in [0.15, 0.2) is 66.3 Å². The quantitative estimate of drug-likeness (QED) is 0.489. The van der Waals surface area contributed by atoms with Crippen molar-refractivity contribution < 1.29 is 4.79 Å². The molecule has 0 saturated carbocycles. The molecule has 0 unspecified atom stereocenters. The second-order valence-corrected chi connectivity index (χ2v) is 7.58. The average molecular weight is 409 g/mol. The Balaban J connectivity index is 1.52. The third-order valence-corrected chi connectivity index (χ3v) is 5.39. The topological polar surface area (TPSA) is 59.8 Å². The first-order chi connectivity index (χ1) is 13.6. The monoisotopic (exact) mass is 408 g/mol. The van der Waals surface area contributed by atoms with Gasteiger partial charge in [-0.1, -0.05) is 29.8 Å². The van der Waals surface area contributed by atoms with Crippen molar-refractivity contribution in [2.24, 2.45) is 0 Å². The molecular formula is C21H17ClN4OS. The van der Waals surface area contributed by atoms with E-state index in [1.54, 1.807) is 17.5 Å². The van der Waals surface area contributed by atoms with Gasteiger partial charge in [-0.2, -0.15) is 0 Å². The number of halogens is 1. The van der Waals surface area contributed by atoms with Gasteiger partial charge in [0.1, 0.15) is 17.4 Å². The fourth-order valence-electron chi connectivity index (χ4n) is 2.83. The Morgan fingerprint density at radius 1 is 1.18 bits per heavy atom. The van der Waals surface area contributed by atoms with Crippen LogP contribution in [0, 0.1) is 6.92 Å². The van der Waals surface area contributed by atoms with Crippen LogP contribution in [-0.2, 0) is 11.3 Å². The lowest BCUT2D eigenvalue weighted by Gasteiger charge is -2.09. The Morgan fingerprint density at radius 3 is 2.79 bits per heavy atom. The maximum Gasteiger partial charge on any atom is 0.245 e. The van der Waals surface area contributed by atoms with Crippen molar-refractivity contribution in [1.82, 2.24) is 14.5 Å². The number of rotatable bonds is 5. The molecule has 7 heteroatoms. The largest absolute Gasteiger partial charge is 0.336 e. The number of aryl methyl sites for hydroxylation is 1. The van der Waals surface area contributed by atoms with Gasteiger partial charge in [0, 0.05) is 28.4 Å². The Morgan fingerprint density at radius 2 is 2.00 bits per heavy atom. The number of pyridine rings is 1. The van der Waals surface area contributed by atoms with Gasteiger partial charge >= 0.3 is 0 Å². The van der Waals surface area contributed by atoms with Crippen LogP contribution in [-0.4, -0.2) is 20.4 Å². The molecule has 0 aliphatic heterocycles. The van der Waals surface area contributed by atoms with Crippen molar-refractivity contribution in [3.63, 3.8) is 0 Å². The summed E-state index contributed by atoms with van der Waals surface area (Å²) in [6, 6.07) is 15.2. The van der Waals surface area contributed by atoms with E-state index in [0.717, 1.165) is 27.5 Å². The summed E-state index contributed by atoms with van der Waals surface area (Å²) in [5.41, 5.74) is 3.72. The second kappa shape index (κ2) is 7.96. The molecule has 28 heavy (non-hydrogen) atoms. The molecule has 1 N–H and O–H groups in total. The Bertz CT molecular complexity index is 1120. The summed E-state index contributed by atoms with van der Waals surface area (Å²) in [6.45, 7) is 2.10. The summed E-state index contributed by atoms with van der Waals surface area (Å²) < 4.78 is 1.89. The Hall–Kier alpha value is -2.96. The molecule has 0 aliphatic carbocycles. The minimum atomic E-state index is -0.131. The molecule has 0 spiro atoms. The molecule has 1 amide bonds. The number of hydrogen-bond acceptors (Lipinski definition) is 4. The van der Waals surface area contributed by atoms with Crippen molar-refractivity contribution >= 4 is 34.7 Å². The van der Waals surface area contributed by atoms with E-state index in [9.17, 15) is 4.79 Å². The molecule has 1 aromatic carbocycles. The SMILES string of the molecule is Cc1cccnc1NC(=O)Cn1cccc1-c1nc(-c2ccc(Cl)cc2)cs1. The molecule has 0 atom stereocenters. The molecule has 3 aromatic heterocycles. The number of anilines is 1. The molecule has 3 heterocycles. The summed E-state index contributed by atoms with van der Waals surface area (Å²) in [7, 11) is 0. The van der Waals surface area contributed by atoms with Crippen molar-refractivity contribution in [2.75, 3.05) is 5.32 Å². The number of benzene rings is 1. The fraction of sp³-hybridized carbons (Fsp3) is 0.0952. The smallest absolute Gasteiger partial charge is 0.245 e. The predicted molar refractivity (Wildman–Crippen MR) is 114 cm³/mol. The summed E-state index contributed by atoms with van der Waals surface area (Å²) in [4.78, 5) is 21.4. The second-order valence-electron chi connectivity index (χ2n) is 6.28. The fourth-order valence-corrected chi connectivity index (χ4v) is 3.83. The molecule has 0 radical (unpaired) electrons. The number of hydrogen-bond donors (Lipinski definition) is 1.